The molecule has 1 amide bonds. The molecule has 1 aromatic rings. The number of hydrogen-bond donors (Lipinski definition) is 3. The van der Waals surface area contributed by atoms with Gasteiger partial charge in [0.25, 0.3) is 0 Å². The predicted octanol–water partition coefficient (Wildman–Crippen LogP) is 7.36. The summed E-state index contributed by atoms with van der Waals surface area (Å²) in [6, 6.07) is 8.02. The molecule has 0 aliphatic carbocycles. The van der Waals surface area contributed by atoms with Gasteiger partial charge in [0.2, 0.25) is 5.91 Å². The second kappa shape index (κ2) is 18.3. The Morgan fingerprint density at radius 2 is 1.97 bits per heavy atom. The Morgan fingerprint density at radius 3 is 2.56 bits per heavy atom. The fourth-order valence-corrected chi connectivity index (χ4v) is 2.89. The summed E-state index contributed by atoms with van der Waals surface area (Å²) in [7, 11) is 0. The van der Waals surface area contributed by atoms with Crippen molar-refractivity contribution in [3.8, 4) is 0 Å². The third kappa shape index (κ3) is 12.8. The maximum Gasteiger partial charge on any atom is 0.228 e. The number of nitrogens with zero attached hydrogens (tertiary/aromatic N) is 1. The molecule has 0 radical (unpaired) electrons. The van der Waals surface area contributed by atoms with Crippen LogP contribution in [0.4, 0.5) is 5.69 Å². The number of nitrogens with one attached hydrogen (secondary N) is 3. The Labute approximate surface area is 210 Å². The number of amides is 1. The first-order valence-corrected chi connectivity index (χ1v) is 12.0. The van der Waals surface area contributed by atoms with Crippen LogP contribution in [-0.2, 0) is 4.79 Å². The minimum Gasteiger partial charge on any atom is -0.389 e. The van der Waals surface area contributed by atoms with E-state index in [4.69, 9.17) is 0 Å². The first-order chi connectivity index (χ1) is 16.3. The average molecular weight is 469 g/mol. The molecule has 5 nitrogen and oxygen atoms in total. The van der Waals surface area contributed by atoms with Crippen LogP contribution >= 0.6 is 0 Å². The van der Waals surface area contributed by atoms with E-state index in [2.05, 4.69) is 47.9 Å². The monoisotopic (exact) mass is 468 g/mol. The number of aliphatic imine (C=N–C) groups is 1. The molecule has 34 heavy (non-hydrogen) atoms. The van der Waals surface area contributed by atoms with Crippen LogP contribution in [0.25, 0.3) is 0 Å². The van der Waals surface area contributed by atoms with Crippen molar-refractivity contribution >= 4 is 17.8 Å². The summed E-state index contributed by atoms with van der Waals surface area (Å²) in [5.74, 6) is -0.0706. The van der Waals surface area contributed by atoms with Crippen LogP contribution in [0.3, 0.4) is 0 Å². The molecule has 0 aliphatic rings. The zero-order valence-corrected chi connectivity index (χ0v) is 22.1. The smallest absolute Gasteiger partial charge is 0.228 e. The number of allylic oxidation sites excluding steroid dienone is 5. The molecule has 0 aromatic heterocycles. The molecule has 0 heterocycles. The second-order valence-corrected chi connectivity index (χ2v) is 7.64. The van der Waals surface area contributed by atoms with E-state index in [1.807, 2.05) is 89.5 Å². The average Bonchev–Trinajstić information content (AvgIpc) is 2.82. The van der Waals surface area contributed by atoms with Crippen LogP contribution in [0.2, 0.25) is 0 Å². The third-order valence-electron chi connectivity index (χ3n) is 4.63. The van der Waals surface area contributed by atoms with Crippen LogP contribution in [0.5, 0.6) is 0 Å². The van der Waals surface area contributed by atoms with E-state index >= 15 is 0 Å². The molecule has 0 fully saturated rings. The molecule has 1 aromatic carbocycles. The summed E-state index contributed by atoms with van der Waals surface area (Å²) in [4.78, 5) is 17.0. The standard InChI is InChI=1S/C27H38N4O.C2H6.2H2/c1-8-11-13-23(9-2)16-27(32)31-25-15-12-14-24(17-25)22(7)30-21(6)18-29-26(20(4)5)19-28-10-3;1-2;;/h8-9,11-15,17-19,21-22,28,30H,2,4,10,16H2,1,3,5-7H3,(H,31,32);1-2H3;2*1H/b11-8-,23-13+,26-19+,29-18?;;;/t21?,22-;;;/m0.../s1. The minimum absolute atomic E-state index is 0. The largest absolute Gasteiger partial charge is 0.389 e. The quantitative estimate of drug-likeness (QED) is 0.209. The van der Waals surface area contributed by atoms with E-state index < -0.39 is 0 Å². The van der Waals surface area contributed by atoms with Crippen molar-refractivity contribution in [2.45, 2.75) is 67.0 Å². The van der Waals surface area contributed by atoms with Crippen molar-refractivity contribution in [1.29, 1.82) is 0 Å². The van der Waals surface area contributed by atoms with Crippen LogP contribution in [0, 0.1) is 0 Å². The summed E-state index contributed by atoms with van der Waals surface area (Å²) >= 11 is 0. The first kappa shape index (κ1) is 30.8. The highest BCUT2D eigenvalue weighted by molar-refractivity contribution is 5.92. The van der Waals surface area contributed by atoms with Gasteiger partial charge < -0.3 is 16.0 Å². The van der Waals surface area contributed by atoms with Gasteiger partial charge in [-0.2, -0.15) is 0 Å². The van der Waals surface area contributed by atoms with Gasteiger partial charge in [-0.15, -0.1) is 0 Å². The second-order valence-electron chi connectivity index (χ2n) is 7.64. The number of carbonyl (C=O) groups excluding carboxylic acids is 1. The van der Waals surface area contributed by atoms with Crippen molar-refractivity contribution in [3.63, 3.8) is 0 Å². The molecule has 0 saturated carbocycles. The van der Waals surface area contributed by atoms with Crippen LogP contribution in [0.15, 0.2) is 89.8 Å². The number of anilines is 1. The van der Waals surface area contributed by atoms with Gasteiger partial charge in [-0.25, -0.2) is 0 Å². The normalized spacial score (nSPS) is 13.7. The summed E-state index contributed by atoms with van der Waals surface area (Å²) in [5.41, 5.74) is 4.47. The van der Waals surface area contributed by atoms with E-state index in [0.29, 0.717) is 0 Å². The summed E-state index contributed by atoms with van der Waals surface area (Å²) in [6.07, 6.45) is 11.5. The Kier molecular flexibility index (Phi) is 16.6. The lowest BCUT2D eigenvalue weighted by atomic mass is 10.1. The lowest BCUT2D eigenvalue weighted by Crippen LogP contribution is -2.30. The van der Waals surface area contributed by atoms with E-state index in [9.17, 15) is 4.79 Å². The van der Waals surface area contributed by atoms with Gasteiger partial charge in [0.15, 0.2) is 0 Å². The Balaban J connectivity index is -0.00000265. The van der Waals surface area contributed by atoms with Crippen molar-refractivity contribution in [2.75, 3.05) is 11.9 Å². The van der Waals surface area contributed by atoms with Gasteiger partial charge in [0.05, 0.1) is 12.1 Å². The highest BCUT2D eigenvalue weighted by atomic mass is 16.1. The molecule has 0 bridgehead atoms. The van der Waals surface area contributed by atoms with Gasteiger partial charge in [0, 0.05) is 39.6 Å². The van der Waals surface area contributed by atoms with Crippen molar-refractivity contribution in [2.24, 2.45) is 4.99 Å². The minimum atomic E-state index is -0.0706. The Hall–Kier alpha value is -3.18. The molecular formula is C29H48N4O. The lowest BCUT2D eigenvalue weighted by Gasteiger charge is -2.18. The number of benzene rings is 1. The van der Waals surface area contributed by atoms with Gasteiger partial charge in [0.1, 0.15) is 0 Å². The Bertz CT molecular complexity index is 904. The number of rotatable bonds is 13. The SMILES string of the molecule is C=C/C(=C\C=C/C)CC(=O)Nc1cccc([C@H](C)NC(C)C=N/C(=C/NCC)C(=C)C)c1.CC.[HH].[HH]. The maximum absolute atomic E-state index is 12.4. The topological polar surface area (TPSA) is 65.5 Å². The molecule has 5 heteroatoms. The van der Waals surface area contributed by atoms with E-state index in [1.165, 1.54) is 0 Å². The first-order valence-electron chi connectivity index (χ1n) is 12.0. The molecule has 0 aliphatic heterocycles. The maximum atomic E-state index is 12.4. The predicted molar refractivity (Wildman–Crippen MR) is 154 cm³/mol. The van der Waals surface area contributed by atoms with Crippen LogP contribution in [0.1, 0.15) is 69.3 Å². The number of hydrogen-bond acceptors (Lipinski definition) is 4. The lowest BCUT2D eigenvalue weighted by molar-refractivity contribution is -0.115. The number of carbonyl (C=O) groups is 1. The fraction of sp³-hybridized carbons (Fsp3) is 0.379. The van der Waals surface area contributed by atoms with E-state index in [-0.39, 0.29) is 27.3 Å². The van der Waals surface area contributed by atoms with Crippen molar-refractivity contribution in [3.05, 3.63) is 90.3 Å². The van der Waals surface area contributed by atoms with Crippen LogP contribution in [-0.4, -0.2) is 24.7 Å². The van der Waals surface area contributed by atoms with Gasteiger partial charge in [-0.3, -0.25) is 9.79 Å². The molecule has 2 atom stereocenters. The van der Waals surface area contributed by atoms with Gasteiger partial charge in [-0.1, -0.05) is 63.4 Å². The zero-order valence-electron chi connectivity index (χ0n) is 22.1. The van der Waals surface area contributed by atoms with Gasteiger partial charge in [-0.05, 0) is 63.5 Å². The summed E-state index contributed by atoms with van der Waals surface area (Å²) in [6.45, 7) is 22.7. The van der Waals surface area contributed by atoms with E-state index in [1.54, 1.807) is 6.08 Å². The molecule has 1 rings (SSSR count). The van der Waals surface area contributed by atoms with Crippen molar-refractivity contribution in [1.82, 2.24) is 10.6 Å². The zero-order chi connectivity index (χ0) is 25.9. The highest BCUT2D eigenvalue weighted by Crippen LogP contribution is 2.19. The van der Waals surface area contributed by atoms with Gasteiger partial charge >= 0.3 is 0 Å². The molecule has 3 N–H and O–H groups in total. The van der Waals surface area contributed by atoms with E-state index in [0.717, 1.165) is 34.6 Å². The molecule has 1 unspecified atom stereocenters. The van der Waals surface area contributed by atoms with Crippen molar-refractivity contribution < 1.29 is 7.65 Å². The van der Waals surface area contributed by atoms with Crippen LogP contribution < -0.4 is 16.0 Å². The highest BCUT2D eigenvalue weighted by Gasteiger charge is 2.10. The molecule has 190 valence electrons. The summed E-state index contributed by atoms with van der Waals surface area (Å²) < 4.78 is 0. The molecular weight excluding hydrogens is 420 g/mol. The fourth-order valence-electron chi connectivity index (χ4n) is 2.89. The summed E-state index contributed by atoms with van der Waals surface area (Å²) in [5, 5.41) is 9.66. The Morgan fingerprint density at radius 1 is 1.26 bits per heavy atom. The third-order valence-corrected chi connectivity index (χ3v) is 4.63. The molecule has 0 spiro atoms. The molecule has 0 saturated heterocycles.